The van der Waals surface area contributed by atoms with Crippen molar-refractivity contribution >= 4 is 5.69 Å². The van der Waals surface area contributed by atoms with Crippen molar-refractivity contribution in [2.24, 2.45) is 0 Å². The van der Waals surface area contributed by atoms with Gasteiger partial charge in [0, 0.05) is 37.9 Å². The molecule has 0 aliphatic carbocycles. The van der Waals surface area contributed by atoms with Crippen molar-refractivity contribution in [3.8, 4) is 5.75 Å². The third-order valence-corrected chi connectivity index (χ3v) is 5.18. The average Bonchev–Trinajstić information content (AvgIpc) is 2.62. The molecule has 0 aromatic heterocycles. The zero-order valence-electron chi connectivity index (χ0n) is 13.7. The average molecular weight is 308 g/mol. The number of benzene rings is 2. The molecule has 120 valence electrons. The summed E-state index contributed by atoms with van der Waals surface area (Å²) in [6.07, 6.45) is 2.49. The second kappa shape index (κ2) is 6.25. The van der Waals surface area contributed by atoms with Crippen LogP contribution in [0, 0.1) is 0 Å². The summed E-state index contributed by atoms with van der Waals surface area (Å²) in [5.74, 6) is 0.933. The van der Waals surface area contributed by atoms with Crippen LogP contribution in [0.3, 0.4) is 0 Å². The van der Waals surface area contributed by atoms with Crippen LogP contribution in [-0.4, -0.2) is 37.7 Å². The summed E-state index contributed by atoms with van der Waals surface area (Å²) in [6.45, 7) is 4.48. The molecular formula is C20H24N2O. The highest BCUT2D eigenvalue weighted by Gasteiger charge is 2.31. The van der Waals surface area contributed by atoms with E-state index in [9.17, 15) is 0 Å². The first kappa shape index (κ1) is 14.6. The molecule has 0 bridgehead atoms. The summed E-state index contributed by atoms with van der Waals surface area (Å²) in [5.41, 5.74) is 4.36. The van der Waals surface area contributed by atoms with Gasteiger partial charge in [-0.2, -0.15) is 0 Å². The molecule has 2 aromatic rings. The quantitative estimate of drug-likeness (QED) is 0.865. The van der Waals surface area contributed by atoms with Gasteiger partial charge in [0.2, 0.25) is 0 Å². The summed E-state index contributed by atoms with van der Waals surface area (Å²) in [6, 6.07) is 18.1. The molecule has 1 unspecified atom stereocenters. The fourth-order valence-electron chi connectivity index (χ4n) is 3.94. The number of piperazine rings is 1. The van der Waals surface area contributed by atoms with Crippen LogP contribution in [0.1, 0.15) is 17.5 Å². The first-order chi connectivity index (χ1) is 11.3. The predicted molar refractivity (Wildman–Crippen MR) is 94.2 cm³/mol. The fraction of sp³-hybridized carbons (Fsp3) is 0.400. The van der Waals surface area contributed by atoms with E-state index in [1.54, 1.807) is 7.11 Å². The van der Waals surface area contributed by atoms with E-state index in [4.69, 9.17) is 4.74 Å². The summed E-state index contributed by atoms with van der Waals surface area (Å²) in [5, 5.41) is 0. The van der Waals surface area contributed by atoms with Gasteiger partial charge in [0.15, 0.2) is 0 Å². The van der Waals surface area contributed by atoms with Crippen molar-refractivity contribution < 1.29 is 4.74 Å². The molecule has 2 aliphatic rings. The van der Waals surface area contributed by atoms with Gasteiger partial charge in [-0.15, -0.1) is 0 Å². The second-order valence-corrected chi connectivity index (χ2v) is 6.60. The van der Waals surface area contributed by atoms with Crippen molar-refractivity contribution in [2.45, 2.75) is 25.4 Å². The van der Waals surface area contributed by atoms with Crippen LogP contribution in [0.5, 0.6) is 5.75 Å². The van der Waals surface area contributed by atoms with Gasteiger partial charge in [0.25, 0.3) is 0 Å². The molecule has 2 heterocycles. The van der Waals surface area contributed by atoms with E-state index in [1.165, 1.54) is 36.2 Å². The Hall–Kier alpha value is -2.00. The number of methoxy groups -OCH3 is 1. The Labute approximate surface area is 138 Å². The SMILES string of the molecule is COc1ccc(CN2CCN3c4ccccc4CCC3C2)cc1. The third-order valence-electron chi connectivity index (χ3n) is 5.18. The second-order valence-electron chi connectivity index (χ2n) is 6.60. The van der Waals surface area contributed by atoms with E-state index in [0.717, 1.165) is 25.4 Å². The van der Waals surface area contributed by atoms with Crippen LogP contribution in [-0.2, 0) is 13.0 Å². The Kier molecular flexibility index (Phi) is 3.96. The molecule has 2 aromatic carbocycles. The van der Waals surface area contributed by atoms with Gasteiger partial charge in [-0.1, -0.05) is 30.3 Å². The Morgan fingerprint density at radius 1 is 1.04 bits per heavy atom. The van der Waals surface area contributed by atoms with E-state index in [0.29, 0.717) is 6.04 Å². The van der Waals surface area contributed by atoms with Crippen LogP contribution >= 0.6 is 0 Å². The maximum atomic E-state index is 5.24. The van der Waals surface area contributed by atoms with E-state index >= 15 is 0 Å². The van der Waals surface area contributed by atoms with Crippen LogP contribution in [0.4, 0.5) is 5.69 Å². The zero-order chi connectivity index (χ0) is 15.6. The largest absolute Gasteiger partial charge is 0.497 e. The molecule has 1 saturated heterocycles. The number of aryl methyl sites for hydroxylation is 1. The van der Waals surface area contributed by atoms with E-state index < -0.39 is 0 Å². The van der Waals surface area contributed by atoms with Crippen LogP contribution in [0.25, 0.3) is 0 Å². The standard InChI is InChI=1S/C20H24N2O/c1-23-19-10-6-16(7-11-19)14-21-12-13-22-18(15-21)9-8-17-4-2-3-5-20(17)22/h2-7,10-11,18H,8-9,12-15H2,1H3. The molecule has 0 saturated carbocycles. The fourth-order valence-corrected chi connectivity index (χ4v) is 3.94. The number of anilines is 1. The Bertz CT molecular complexity index is 668. The molecule has 2 aliphatic heterocycles. The highest BCUT2D eigenvalue weighted by molar-refractivity contribution is 5.57. The first-order valence-electron chi connectivity index (χ1n) is 8.53. The van der Waals surface area contributed by atoms with Crippen LogP contribution < -0.4 is 9.64 Å². The van der Waals surface area contributed by atoms with Gasteiger partial charge in [-0.25, -0.2) is 0 Å². The summed E-state index contributed by atoms with van der Waals surface area (Å²) in [7, 11) is 1.72. The van der Waals surface area contributed by atoms with Crippen molar-refractivity contribution in [2.75, 3.05) is 31.6 Å². The molecule has 1 atom stereocenters. The molecule has 4 rings (SSSR count). The highest BCUT2D eigenvalue weighted by atomic mass is 16.5. The predicted octanol–water partition coefficient (Wildman–Crippen LogP) is 3.33. The molecule has 0 radical (unpaired) electrons. The minimum Gasteiger partial charge on any atom is -0.497 e. The van der Waals surface area contributed by atoms with Crippen molar-refractivity contribution in [1.29, 1.82) is 0 Å². The monoisotopic (exact) mass is 308 g/mol. The summed E-state index contributed by atoms with van der Waals surface area (Å²) < 4.78 is 5.24. The Balaban J connectivity index is 1.43. The number of para-hydroxylation sites is 1. The molecule has 23 heavy (non-hydrogen) atoms. The van der Waals surface area contributed by atoms with E-state index in [2.05, 4.69) is 58.3 Å². The lowest BCUT2D eigenvalue weighted by molar-refractivity contribution is 0.206. The lowest BCUT2D eigenvalue weighted by Crippen LogP contribution is -2.54. The normalized spacial score (nSPS) is 20.7. The number of rotatable bonds is 3. The topological polar surface area (TPSA) is 15.7 Å². The van der Waals surface area contributed by atoms with Gasteiger partial charge in [0.05, 0.1) is 7.11 Å². The molecule has 0 spiro atoms. The lowest BCUT2D eigenvalue weighted by Gasteiger charge is -2.46. The first-order valence-corrected chi connectivity index (χ1v) is 8.53. The molecule has 0 N–H and O–H groups in total. The van der Waals surface area contributed by atoms with Gasteiger partial charge in [-0.3, -0.25) is 4.90 Å². The van der Waals surface area contributed by atoms with Crippen molar-refractivity contribution in [3.63, 3.8) is 0 Å². The Morgan fingerprint density at radius 3 is 2.70 bits per heavy atom. The van der Waals surface area contributed by atoms with Gasteiger partial charge < -0.3 is 9.64 Å². The van der Waals surface area contributed by atoms with Crippen LogP contribution in [0.15, 0.2) is 48.5 Å². The molecule has 3 heteroatoms. The third kappa shape index (κ3) is 2.93. The summed E-state index contributed by atoms with van der Waals surface area (Å²) >= 11 is 0. The van der Waals surface area contributed by atoms with Gasteiger partial charge in [0.1, 0.15) is 5.75 Å². The smallest absolute Gasteiger partial charge is 0.118 e. The molecule has 1 fully saturated rings. The number of hydrogen-bond acceptors (Lipinski definition) is 3. The van der Waals surface area contributed by atoms with Crippen LogP contribution in [0.2, 0.25) is 0 Å². The maximum Gasteiger partial charge on any atom is 0.118 e. The zero-order valence-corrected chi connectivity index (χ0v) is 13.7. The number of hydrogen-bond donors (Lipinski definition) is 0. The molecule has 0 amide bonds. The summed E-state index contributed by atoms with van der Waals surface area (Å²) in [4.78, 5) is 5.22. The van der Waals surface area contributed by atoms with Gasteiger partial charge >= 0.3 is 0 Å². The molecular weight excluding hydrogens is 284 g/mol. The van der Waals surface area contributed by atoms with E-state index in [1.807, 2.05) is 0 Å². The number of nitrogens with zero attached hydrogens (tertiary/aromatic N) is 2. The number of fused-ring (bicyclic) bond motifs is 3. The lowest BCUT2D eigenvalue weighted by atomic mass is 9.94. The highest BCUT2D eigenvalue weighted by Crippen LogP contribution is 2.32. The number of ether oxygens (including phenoxy) is 1. The van der Waals surface area contributed by atoms with Crippen molar-refractivity contribution in [1.82, 2.24) is 4.90 Å². The minimum atomic E-state index is 0.664. The minimum absolute atomic E-state index is 0.664. The van der Waals surface area contributed by atoms with Gasteiger partial charge in [-0.05, 0) is 42.2 Å². The maximum absolute atomic E-state index is 5.24. The van der Waals surface area contributed by atoms with E-state index in [-0.39, 0.29) is 0 Å². The van der Waals surface area contributed by atoms with Crippen molar-refractivity contribution in [3.05, 3.63) is 59.7 Å². The Morgan fingerprint density at radius 2 is 1.87 bits per heavy atom. The molecule has 3 nitrogen and oxygen atoms in total.